The molecule has 4 nitrogen and oxygen atoms in total. The van der Waals surface area contributed by atoms with E-state index in [1.807, 2.05) is 13.0 Å². The summed E-state index contributed by atoms with van der Waals surface area (Å²) in [6.45, 7) is 14.5. The fourth-order valence-electron chi connectivity index (χ4n) is 1.41. The first-order chi connectivity index (χ1) is 8.85. The smallest absolute Gasteiger partial charge is 0.226 e. The Kier molecular flexibility index (Phi) is 5.58. The van der Waals surface area contributed by atoms with Gasteiger partial charge in [0, 0.05) is 18.3 Å². The van der Waals surface area contributed by atoms with Crippen molar-refractivity contribution in [3.8, 4) is 5.88 Å². The average Bonchev–Trinajstić information content (AvgIpc) is 2.33. The first-order valence-corrected chi connectivity index (χ1v) is 7.07. The predicted molar refractivity (Wildman–Crippen MR) is 79.7 cm³/mol. The average molecular weight is 265 g/mol. The zero-order chi connectivity index (χ0) is 14.5. The lowest BCUT2D eigenvalue weighted by Gasteiger charge is -2.29. The monoisotopic (exact) mass is 265 g/mol. The van der Waals surface area contributed by atoms with E-state index >= 15 is 0 Å². The molecule has 0 radical (unpaired) electrons. The molecule has 0 unspecified atom stereocenters. The first kappa shape index (κ1) is 15.7. The summed E-state index contributed by atoms with van der Waals surface area (Å²) in [4.78, 5) is 8.79. The minimum absolute atomic E-state index is 0.206. The maximum atomic E-state index is 5.56. The van der Waals surface area contributed by atoms with Crippen LogP contribution in [0.15, 0.2) is 6.07 Å². The third-order valence-corrected chi connectivity index (χ3v) is 3.55. The van der Waals surface area contributed by atoms with Gasteiger partial charge in [-0.15, -0.1) is 0 Å². The van der Waals surface area contributed by atoms with Crippen LogP contribution in [-0.2, 0) is 0 Å². The number of nitrogens with zero attached hydrogens (tertiary/aromatic N) is 2. The van der Waals surface area contributed by atoms with Crippen LogP contribution in [0.2, 0.25) is 0 Å². The van der Waals surface area contributed by atoms with Crippen molar-refractivity contribution in [3.63, 3.8) is 0 Å². The molecule has 0 aliphatic rings. The third kappa shape index (κ3) is 5.05. The zero-order valence-corrected chi connectivity index (χ0v) is 13.1. The number of nitrogens with one attached hydrogen (secondary N) is 1. The van der Waals surface area contributed by atoms with Crippen molar-refractivity contribution in [3.05, 3.63) is 11.8 Å². The van der Waals surface area contributed by atoms with Crippen LogP contribution >= 0.6 is 0 Å². The Morgan fingerprint density at radius 1 is 1.32 bits per heavy atom. The lowest BCUT2D eigenvalue weighted by molar-refractivity contribution is 0.268. The third-order valence-electron chi connectivity index (χ3n) is 3.55. The van der Waals surface area contributed by atoms with Gasteiger partial charge < -0.3 is 10.1 Å². The van der Waals surface area contributed by atoms with Gasteiger partial charge in [-0.1, -0.05) is 34.6 Å². The summed E-state index contributed by atoms with van der Waals surface area (Å²) in [5, 5.41) is 3.32. The molecule has 0 amide bonds. The molecule has 19 heavy (non-hydrogen) atoms. The van der Waals surface area contributed by atoms with E-state index < -0.39 is 0 Å². The van der Waals surface area contributed by atoms with Crippen LogP contribution < -0.4 is 10.1 Å². The van der Waals surface area contributed by atoms with Crippen molar-refractivity contribution in [1.29, 1.82) is 0 Å². The van der Waals surface area contributed by atoms with E-state index in [0.717, 1.165) is 18.7 Å². The second-order valence-electron chi connectivity index (χ2n) is 6.02. The van der Waals surface area contributed by atoms with Crippen LogP contribution in [-0.4, -0.2) is 23.1 Å². The normalized spacial score (nSPS) is 11.7. The predicted octanol–water partition coefficient (Wildman–Crippen LogP) is 3.67. The Hall–Kier alpha value is -1.32. The van der Waals surface area contributed by atoms with E-state index in [9.17, 15) is 0 Å². The van der Waals surface area contributed by atoms with Crippen molar-refractivity contribution in [2.24, 2.45) is 11.3 Å². The van der Waals surface area contributed by atoms with Crippen LogP contribution in [0.4, 0.5) is 5.95 Å². The van der Waals surface area contributed by atoms with Crippen LogP contribution in [0, 0.1) is 18.3 Å². The quantitative estimate of drug-likeness (QED) is 0.817. The molecule has 0 aliphatic heterocycles. The number of hydrogen-bond acceptors (Lipinski definition) is 4. The largest absolute Gasteiger partial charge is 0.478 e. The maximum absolute atomic E-state index is 5.56. The second kappa shape index (κ2) is 6.73. The lowest BCUT2D eigenvalue weighted by atomic mass is 9.81. The summed E-state index contributed by atoms with van der Waals surface area (Å²) < 4.78 is 5.56. The molecule has 0 fully saturated rings. The van der Waals surface area contributed by atoms with Gasteiger partial charge in [0.05, 0.1) is 6.61 Å². The van der Waals surface area contributed by atoms with Crippen LogP contribution in [0.5, 0.6) is 5.88 Å². The van der Waals surface area contributed by atoms with E-state index in [2.05, 4.69) is 49.9 Å². The van der Waals surface area contributed by atoms with E-state index in [1.165, 1.54) is 0 Å². The molecule has 1 aromatic rings. The van der Waals surface area contributed by atoms with Crippen molar-refractivity contribution < 1.29 is 4.74 Å². The number of aryl methyl sites for hydroxylation is 1. The summed E-state index contributed by atoms with van der Waals surface area (Å²) in [7, 11) is 0. The minimum atomic E-state index is 0.206. The molecule has 0 saturated carbocycles. The number of rotatable bonds is 7. The first-order valence-electron chi connectivity index (χ1n) is 7.07. The summed E-state index contributed by atoms with van der Waals surface area (Å²) in [6.07, 6.45) is 0.978. The van der Waals surface area contributed by atoms with Crippen LogP contribution in [0.25, 0.3) is 0 Å². The van der Waals surface area contributed by atoms with E-state index in [1.54, 1.807) is 0 Å². The highest BCUT2D eigenvalue weighted by molar-refractivity contribution is 5.30. The second-order valence-corrected chi connectivity index (χ2v) is 6.02. The molecule has 1 rings (SSSR count). The van der Waals surface area contributed by atoms with E-state index in [-0.39, 0.29) is 5.41 Å². The van der Waals surface area contributed by atoms with Gasteiger partial charge in [0.1, 0.15) is 0 Å². The van der Waals surface area contributed by atoms with E-state index in [0.29, 0.717) is 24.4 Å². The highest BCUT2D eigenvalue weighted by Crippen LogP contribution is 2.26. The standard InChI is InChI=1S/C15H27N3O/c1-7-8-19-13-9-12(4)17-14(18-13)16-10-15(5,6)11(2)3/h9,11H,7-8,10H2,1-6H3,(H,16,17,18). The number of hydrogen-bond donors (Lipinski definition) is 1. The van der Waals surface area contributed by atoms with Gasteiger partial charge in [-0.05, 0) is 24.7 Å². The number of anilines is 1. The fourth-order valence-corrected chi connectivity index (χ4v) is 1.41. The Balaban J connectivity index is 2.70. The lowest BCUT2D eigenvalue weighted by Crippen LogP contribution is -2.29. The molecule has 1 N–H and O–H groups in total. The summed E-state index contributed by atoms with van der Waals surface area (Å²) in [5.41, 5.74) is 1.13. The number of aromatic nitrogens is 2. The van der Waals surface area contributed by atoms with Crippen molar-refractivity contribution in [2.45, 2.75) is 48.0 Å². The summed E-state index contributed by atoms with van der Waals surface area (Å²) in [5.74, 6) is 1.90. The van der Waals surface area contributed by atoms with Gasteiger partial charge in [0.25, 0.3) is 0 Å². The Morgan fingerprint density at radius 3 is 2.58 bits per heavy atom. The molecule has 0 aromatic carbocycles. The fraction of sp³-hybridized carbons (Fsp3) is 0.733. The van der Waals surface area contributed by atoms with Gasteiger partial charge in [-0.3, -0.25) is 0 Å². The molecule has 108 valence electrons. The molecule has 1 heterocycles. The van der Waals surface area contributed by atoms with Crippen LogP contribution in [0.1, 0.15) is 46.7 Å². The molecule has 0 atom stereocenters. The van der Waals surface area contributed by atoms with Gasteiger partial charge in [0.15, 0.2) is 0 Å². The Labute approximate surface area is 117 Å². The molecule has 1 aromatic heterocycles. The molecule has 0 bridgehead atoms. The molecular weight excluding hydrogens is 238 g/mol. The number of ether oxygens (including phenoxy) is 1. The maximum Gasteiger partial charge on any atom is 0.226 e. The highest BCUT2D eigenvalue weighted by Gasteiger charge is 2.22. The molecule has 4 heteroatoms. The highest BCUT2D eigenvalue weighted by atomic mass is 16.5. The van der Waals surface area contributed by atoms with Gasteiger partial charge in [-0.2, -0.15) is 4.98 Å². The SMILES string of the molecule is CCCOc1cc(C)nc(NCC(C)(C)C(C)C)n1. The minimum Gasteiger partial charge on any atom is -0.478 e. The molecular formula is C15H27N3O. The van der Waals surface area contributed by atoms with Crippen molar-refractivity contribution >= 4 is 5.95 Å². The van der Waals surface area contributed by atoms with Crippen LogP contribution in [0.3, 0.4) is 0 Å². The Morgan fingerprint density at radius 2 is 2.00 bits per heavy atom. The van der Waals surface area contributed by atoms with E-state index in [4.69, 9.17) is 4.74 Å². The molecule has 0 spiro atoms. The molecule has 0 saturated heterocycles. The topological polar surface area (TPSA) is 47.0 Å². The zero-order valence-electron chi connectivity index (χ0n) is 13.1. The van der Waals surface area contributed by atoms with Gasteiger partial charge >= 0.3 is 0 Å². The summed E-state index contributed by atoms with van der Waals surface area (Å²) in [6, 6.07) is 1.87. The van der Waals surface area contributed by atoms with Crippen molar-refractivity contribution in [2.75, 3.05) is 18.5 Å². The Bertz CT molecular complexity index is 402. The van der Waals surface area contributed by atoms with Gasteiger partial charge in [-0.25, -0.2) is 4.98 Å². The molecule has 0 aliphatic carbocycles. The van der Waals surface area contributed by atoms with Crippen molar-refractivity contribution in [1.82, 2.24) is 9.97 Å². The van der Waals surface area contributed by atoms with Gasteiger partial charge in [0.2, 0.25) is 11.8 Å². The summed E-state index contributed by atoms with van der Waals surface area (Å²) >= 11 is 0.